The second-order valence-corrected chi connectivity index (χ2v) is 5.24. The number of nitrogens with one attached hydrogen (secondary N) is 1. The molecule has 0 radical (unpaired) electrons. The standard InChI is InChI=1S/C14H25N3O/c1-3-14-17-10(2)13(18-14)9-16-12-7-5-4-6-11(12)8-15/h11-12,16H,3-9,15H2,1-2H3. The third kappa shape index (κ3) is 3.12. The molecule has 2 rings (SSSR count). The summed E-state index contributed by atoms with van der Waals surface area (Å²) in [6.07, 6.45) is 5.97. The highest BCUT2D eigenvalue weighted by Crippen LogP contribution is 2.24. The van der Waals surface area contributed by atoms with Gasteiger partial charge in [0.25, 0.3) is 0 Å². The van der Waals surface area contributed by atoms with Crippen molar-refractivity contribution in [3.63, 3.8) is 0 Å². The highest BCUT2D eigenvalue weighted by molar-refractivity contribution is 5.08. The molecule has 2 unspecified atom stereocenters. The van der Waals surface area contributed by atoms with E-state index >= 15 is 0 Å². The molecule has 1 aromatic heterocycles. The minimum atomic E-state index is 0.540. The normalized spacial score (nSPS) is 24.4. The van der Waals surface area contributed by atoms with Crippen LogP contribution in [-0.2, 0) is 13.0 Å². The van der Waals surface area contributed by atoms with E-state index in [0.717, 1.165) is 36.9 Å². The van der Waals surface area contributed by atoms with Gasteiger partial charge in [-0.2, -0.15) is 0 Å². The summed E-state index contributed by atoms with van der Waals surface area (Å²) in [7, 11) is 0. The quantitative estimate of drug-likeness (QED) is 0.841. The summed E-state index contributed by atoms with van der Waals surface area (Å²) in [5.74, 6) is 2.43. The van der Waals surface area contributed by atoms with Crippen LogP contribution < -0.4 is 11.1 Å². The van der Waals surface area contributed by atoms with Crippen LogP contribution in [0.1, 0.15) is 50.0 Å². The summed E-state index contributed by atoms with van der Waals surface area (Å²) in [4.78, 5) is 4.40. The van der Waals surface area contributed by atoms with Gasteiger partial charge >= 0.3 is 0 Å². The van der Waals surface area contributed by atoms with Crippen LogP contribution in [0.4, 0.5) is 0 Å². The molecule has 0 spiro atoms. The second kappa shape index (κ2) is 6.34. The molecule has 1 heterocycles. The van der Waals surface area contributed by atoms with Gasteiger partial charge in [0.05, 0.1) is 12.2 Å². The predicted octanol–water partition coefficient (Wildman–Crippen LogP) is 2.15. The smallest absolute Gasteiger partial charge is 0.194 e. The Morgan fingerprint density at radius 3 is 2.83 bits per heavy atom. The molecule has 4 nitrogen and oxygen atoms in total. The number of rotatable bonds is 5. The highest BCUT2D eigenvalue weighted by atomic mass is 16.4. The van der Waals surface area contributed by atoms with E-state index in [-0.39, 0.29) is 0 Å². The molecule has 1 aliphatic rings. The zero-order valence-electron chi connectivity index (χ0n) is 11.5. The number of aromatic nitrogens is 1. The average Bonchev–Trinajstić information content (AvgIpc) is 2.77. The zero-order valence-corrected chi connectivity index (χ0v) is 11.5. The van der Waals surface area contributed by atoms with Gasteiger partial charge < -0.3 is 15.5 Å². The Balaban J connectivity index is 1.91. The number of nitrogens with zero attached hydrogens (tertiary/aromatic N) is 1. The fraction of sp³-hybridized carbons (Fsp3) is 0.786. The van der Waals surface area contributed by atoms with Crippen LogP contribution >= 0.6 is 0 Å². The molecular formula is C14H25N3O. The minimum absolute atomic E-state index is 0.540. The third-order valence-corrected chi connectivity index (χ3v) is 3.98. The van der Waals surface area contributed by atoms with E-state index < -0.39 is 0 Å². The van der Waals surface area contributed by atoms with Gasteiger partial charge in [-0.25, -0.2) is 4.98 Å². The maximum Gasteiger partial charge on any atom is 0.194 e. The number of hydrogen-bond donors (Lipinski definition) is 2. The number of nitrogens with two attached hydrogens (primary N) is 1. The first kappa shape index (κ1) is 13.6. The van der Waals surface area contributed by atoms with Crippen molar-refractivity contribution in [1.82, 2.24) is 10.3 Å². The van der Waals surface area contributed by atoms with Crippen molar-refractivity contribution in [3.8, 4) is 0 Å². The molecule has 0 amide bonds. The molecule has 0 saturated heterocycles. The zero-order chi connectivity index (χ0) is 13.0. The number of hydrogen-bond acceptors (Lipinski definition) is 4. The summed E-state index contributed by atoms with van der Waals surface area (Å²) in [6, 6.07) is 0.540. The lowest BCUT2D eigenvalue weighted by molar-refractivity contribution is 0.260. The third-order valence-electron chi connectivity index (χ3n) is 3.98. The van der Waals surface area contributed by atoms with Crippen LogP contribution in [-0.4, -0.2) is 17.6 Å². The predicted molar refractivity (Wildman–Crippen MR) is 72.3 cm³/mol. The van der Waals surface area contributed by atoms with Gasteiger partial charge in [0.15, 0.2) is 5.89 Å². The lowest BCUT2D eigenvalue weighted by Crippen LogP contribution is -2.41. The van der Waals surface area contributed by atoms with Gasteiger partial charge in [-0.3, -0.25) is 0 Å². The van der Waals surface area contributed by atoms with Gasteiger partial charge in [0.2, 0.25) is 0 Å². The van der Waals surface area contributed by atoms with E-state index in [9.17, 15) is 0 Å². The van der Waals surface area contributed by atoms with E-state index in [1.807, 2.05) is 6.92 Å². The first-order valence-electron chi connectivity index (χ1n) is 7.13. The lowest BCUT2D eigenvalue weighted by Gasteiger charge is -2.31. The summed E-state index contributed by atoms with van der Waals surface area (Å²) in [5.41, 5.74) is 6.86. The van der Waals surface area contributed by atoms with Gasteiger partial charge in [-0.15, -0.1) is 0 Å². The van der Waals surface area contributed by atoms with Crippen LogP contribution in [0.5, 0.6) is 0 Å². The monoisotopic (exact) mass is 251 g/mol. The van der Waals surface area contributed by atoms with Crippen molar-refractivity contribution in [3.05, 3.63) is 17.3 Å². The Kier molecular flexibility index (Phi) is 4.78. The fourth-order valence-electron chi connectivity index (χ4n) is 2.79. The maximum atomic E-state index is 5.84. The molecule has 1 aliphatic carbocycles. The molecule has 0 aromatic carbocycles. The van der Waals surface area contributed by atoms with Crippen molar-refractivity contribution in [1.29, 1.82) is 0 Å². The van der Waals surface area contributed by atoms with Crippen LogP contribution in [0.15, 0.2) is 4.42 Å². The number of oxazole rings is 1. The Hall–Kier alpha value is -0.870. The molecular weight excluding hydrogens is 226 g/mol. The fourth-order valence-corrected chi connectivity index (χ4v) is 2.79. The molecule has 4 heteroatoms. The topological polar surface area (TPSA) is 64.1 Å². The van der Waals surface area contributed by atoms with Gasteiger partial charge in [0, 0.05) is 12.5 Å². The lowest BCUT2D eigenvalue weighted by atomic mass is 9.84. The minimum Gasteiger partial charge on any atom is -0.444 e. The van der Waals surface area contributed by atoms with Crippen LogP contribution in [0.2, 0.25) is 0 Å². The molecule has 1 fully saturated rings. The molecule has 2 atom stereocenters. The van der Waals surface area contributed by atoms with Gasteiger partial charge in [-0.05, 0) is 32.2 Å². The van der Waals surface area contributed by atoms with Gasteiger partial charge in [0.1, 0.15) is 5.76 Å². The highest BCUT2D eigenvalue weighted by Gasteiger charge is 2.23. The first-order chi connectivity index (χ1) is 8.74. The molecule has 102 valence electrons. The van der Waals surface area contributed by atoms with Crippen LogP contribution in [0, 0.1) is 12.8 Å². The van der Waals surface area contributed by atoms with Crippen molar-refractivity contribution in [2.24, 2.45) is 11.7 Å². The molecule has 1 aromatic rings. The van der Waals surface area contributed by atoms with Gasteiger partial charge in [-0.1, -0.05) is 19.8 Å². The van der Waals surface area contributed by atoms with Crippen molar-refractivity contribution < 1.29 is 4.42 Å². The maximum absolute atomic E-state index is 5.84. The first-order valence-corrected chi connectivity index (χ1v) is 7.13. The van der Waals surface area contributed by atoms with Crippen LogP contribution in [0.3, 0.4) is 0 Å². The SMILES string of the molecule is CCc1nc(C)c(CNC2CCCCC2CN)o1. The average molecular weight is 251 g/mol. The molecule has 0 bridgehead atoms. The van der Waals surface area contributed by atoms with E-state index in [4.69, 9.17) is 10.2 Å². The molecule has 3 N–H and O–H groups in total. The van der Waals surface area contributed by atoms with E-state index in [2.05, 4.69) is 17.2 Å². The summed E-state index contributed by atoms with van der Waals surface area (Å²) in [6.45, 7) is 5.64. The van der Waals surface area contributed by atoms with Crippen molar-refractivity contribution >= 4 is 0 Å². The van der Waals surface area contributed by atoms with Crippen molar-refractivity contribution in [2.75, 3.05) is 6.54 Å². The molecule has 1 saturated carbocycles. The summed E-state index contributed by atoms with van der Waals surface area (Å²) >= 11 is 0. The Bertz CT molecular complexity index is 375. The Labute approximate surface area is 109 Å². The van der Waals surface area contributed by atoms with E-state index in [0.29, 0.717) is 12.0 Å². The summed E-state index contributed by atoms with van der Waals surface area (Å²) < 4.78 is 5.72. The van der Waals surface area contributed by atoms with Crippen LogP contribution in [0.25, 0.3) is 0 Å². The van der Waals surface area contributed by atoms with Crippen molar-refractivity contribution in [2.45, 2.75) is 58.5 Å². The second-order valence-electron chi connectivity index (χ2n) is 5.24. The Morgan fingerprint density at radius 1 is 1.39 bits per heavy atom. The number of aryl methyl sites for hydroxylation is 2. The summed E-state index contributed by atoms with van der Waals surface area (Å²) in [5, 5.41) is 3.60. The van der Waals surface area contributed by atoms with E-state index in [1.54, 1.807) is 0 Å². The molecule has 0 aliphatic heterocycles. The Morgan fingerprint density at radius 2 is 2.17 bits per heavy atom. The molecule has 18 heavy (non-hydrogen) atoms. The largest absolute Gasteiger partial charge is 0.444 e. The van der Waals surface area contributed by atoms with E-state index in [1.165, 1.54) is 25.7 Å².